The van der Waals surface area contributed by atoms with E-state index < -0.39 is 0 Å². The van der Waals surface area contributed by atoms with Gasteiger partial charge in [-0.15, -0.1) is 0 Å². The van der Waals surface area contributed by atoms with E-state index >= 15 is 0 Å². The van der Waals surface area contributed by atoms with Crippen molar-refractivity contribution in [1.82, 2.24) is 0 Å². The van der Waals surface area contributed by atoms with Gasteiger partial charge in [-0.1, -0.05) is 5.73 Å². The van der Waals surface area contributed by atoms with Crippen LogP contribution in [0.15, 0.2) is 17.0 Å². The van der Waals surface area contributed by atoms with Gasteiger partial charge < -0.3 is 15.2 Å². The molecule has 0 spiro atoms. The molecule has 2 N–H and O–H groups in total. The Kier molecular flexibility index (Phi) is 4.62. The maximum Gasteiger partial charge on any atom is 0.186 e. The fourth-order valence-corrected chi connectivity index (χ4v) is 0.820. The van der Waals surface area contributed by atoms with Gasteiger partial charge in [0.05, 0.1) is 0 Å². The standard InChI is InChI=1S/C8H15NO2/c1-6(5-7(2)9)8(10-3)11-4/h8H,9H2,1-4H3. The van der Waals surface area contributed by atoms with Crippen LogP contribution in [0.5, 0.6) is 0 Å². The molecule has 0 aromatic heterocycles. The summed E-state index contributed by atoms with van der Waals surface area (Å²) in [5.41, 5.74) is 9.79. The molecule has 0 saturated heterocycles. The van der Waals surface area contributed by atoms with E-state index in [1.165, 1.54) is 0 Å². The quantitative estimate of drug-likeness (QED) is 0.491. The number of nitrogens with two attached hydrogens (primary N) is 1. The van der Waals surface area contributed by atoms with Crippen LogP contribution in [-0.4, -0.2) is 20.5 Å². The molecule has 0 bridgehead atoms. The van der Waals surface area contributed by atoms with Crippen LogP contribution in [0, 0.1) is 0 Å². The molecule has 0 rings (SSSR count). The second-order valence-corrected chi connectivity index (χ2v) is 2.29. The molecule has 0 aromatic carbocycles. The topological polar surface area (TPSA) is 44.5 Å². The highest BCUT2D eigenvalue weighted by Gasteiger charge is 2.05. The third-order valence-electron chi connectivity index (χ3n) is 1.18. The molecular weight excluding hydrogens is 142 g/mol. The summed E-state index contributed by atoms with van der Waals surface area (Å²) in [6, 6.07) is 0. The molecule has 0 saturated carbocycles. The van der Waals surface area contributed by atoms with Gasteiger partial charge >= 0.3 is 0 Å². The van der Waals surface area contributed by atoms with E-state index in [9.17, 15) is 0 Å². The fourth-order valence-electron chi connectivity index (χ4n) is 0.820. The minimum atomic E-state index is -0.339. The van der Waals surface area contributed by atoms with Crippen LogP contribution < -0.4 is 5.73 Å². The Morgan fingerprint density at radius 2 is 1.73 bits per heavy atom. The third kappa shape index (κ3) is 3.83. The highest BCUT2D eigenvalue weighted by atomic mass is 16.7. The first kappa shape index (κ1) is 10.2. The molecule has 0 aliphatic rings. The molecule has 0 heterocycles. The number of hydrogen-bond donors (Lipinski definition) is 1. The summed E-state index contributed by atoms with van der Waals surface area (Å²) in [4.78, 5) is 0. The average molecular weight is 157 g/mol. The highest BCUT2D eigenvalue weighted by Crippen LogP contribution is 2.03. The van der Waals surface area contributed by atoms with Gasteiger partial charge in [0.2, 0.25) is 0 Å². The molecule has 3 nitrogen and oxygen atoms in total. The van der Waals surface area contributed by atoms with Gasteiger partial charge in [0, 0.05) is 25.5 Å². The Hall–Kier alpha value is -0.760. The minimum Gasteiger partial charge on any atom is -0.396 e. The molecule has 0 atom stereocenters. The summed E-state index contributed by atoms with van der Waals surface area (Å²) in [5.74, 6) is 0. The minimum absolute atomic E-state index is 0.339. The smallest absolute Gasteiger partial charge is 0.186 e. The number of hydrogen-bond acceptors (Lipinski definition) is 3. The molecule has 64 valence electrons. The van der Waals surface area contributed by atoms with Crippen LogP contribution >= 0.6 is 0 Å². The van der Waals surface area contributed by atoms with Gasteiger partial charge in [-0.25, -0.2) is 0 Å². The zero-order valence-electron chi connectivity index (χ0n) is 7.47. The molecule has 0 aliphatic carbocycles. The zero-order valence-corrected chi connectivity index (χ0v) is 7.47. The van der Waals surface area contributed by atoms with Gasteiger partial charge in [0.15, 0.2) is 6.29 Å². The summed E-state index contributed by atoms with van der Waals surface area (Å²) in [6.45, 7) is 3.62. The van der Waals surface area contributed by atoms with Crippen LogP contribution in [0.2, 0.25) is 0 Å². The number of methoxy groups -OCH3 is 2. The van der Waals surface area contributed by atoms with Crippen LogP contribution in [-0.2, 0) is 9.47 Å². The van der Waals surface area contributed by atoms with E-state index in [0.717, 1.165) is 5.57 Å². The maximum absolute atomic E-state index is 5.41. The second kappa shape index (κ2) is 4.97. The first-order valence-corrected chi connectivity index (χ1v) is 3.37. The van der Waals surface area contributed by atoms with Gasteiger partial charge in [-0.05, 0) is 13.8 Å². The predicted octanol–water partition coefficient (Wildman–Crippen LogP) is 1.01. The van der Waals surface area contributed by atoms with Crippen molar-refractivity contribution in [2.45, 2.75) is 20.1 Å². The largest absolute Gasteiger partial charge is 0.396 e. The lowest BCUT2D eigenvalue weighted by atomic mass is 10.3. The van der Waals surface area contributed by atoms with E-state index in [1.54, 1.807) is 21.1 Å². The fraction of sp³-hybridized carbons (Fsp3) is 0.625. The Morgan fingerprint density at radius 1 is 1.27 bits per heavy atom. The van der Waals surface area contributed by atoms with Crippen molar-refractivity contribution in [3.8, 4) is 0 Å². The van der Waals surface area contributed by atoms with E-state index in [-0.39, 0.29) is 6.29 Å². The van der Waals surface area contributed by atoms with Crippen molar-refractivity contribution in [2.24, 2.45) is 5.73 Å². The Bertz CT molecular complexity index is 173. The molecule has 11 heavy (non-hydrogen) atoms. The SMILES string of the molecule is COC(OC)C(C)=C=C(C)N. The molecule has 0 fully saturated rings. The van der Waals surface area contributed by atoms with Gasteiger partial charge in [0.1, 0.15) is 0 Å². The van der Waals surface area contributed by atoms with Gasteiger partial charge in [-0.2, -0.15) is 0 Å². The monoisotopic (exact) mass is 157 g/mol. The Labute approximate surface area is 67.5 Å². The molecular formula is C8H15NO2. The van der Waals surface area contributed by atoms with E-state index in [1.807, 2.05) is 6.92 Å². The van der Waals surface area contributed by atoms with Crippen molar-refractivity contribution in [1.29, 1.82) is 0 Å². The molecule has 0 radical (unpaired) electrons. The average Bonchev–Trinajstić information content (AvgIpc) is 1.88. The van der Waals surface area contributed by atoms with E-state index in [4.69, 9.17) is 15.2 Å². The summed E-state index contributed by atoms with van der Waals surface area (Å²) >= 11 is 0. The Balaban J connectivity index is 4.44. The summed E-state index contributed by atoms with van der Waals surface area (Å²) < 4.78 is 9.94. The lowest BCUT2D eigenvalue weighted by Gasteiger charge is -2.11. The van der Waals surface area contributed by atoms with Crippen LogP contribution in [0.1, 0.15) is 13.8 Å². The van der Waals surface area contributed by atoms with Crippen LogP contribution in [0.4, 0.5) is 0 Å². The second-order valence-electron chi connectivity index (χ2n) is 2.29. The zero-order chi connectivity index (χ0) is 8.85. The van der Waals surface area contributed by atoms with Crippen molar-refractivity contribution < 1.29 is 9.47 Å². The van der Waals surface area contributed by atoms with Crippen LogP contribution in [0.25, 0.3) is 0 Å². The first-order chi connectivity index (χ1) is 5.11. The van der Waals surface area contributed by atoms with Crippen LogP contribution in [0.3, 0.4) is 0 Å². The Morgan fingerprint density at radius 3 is 2.00 bits per heavy atom. The first-order valence-electron chi connectivity index (χ1n) is 3.37. The number of rotatable bonds is 3. The van der Waals surface area contributed by atoms with Gasteiger partial charge in [0.25, 0.3) is 0 Å². The van der Waals surface area contributed by atoms with E-state index in [0.29, 0.717) is 5.70 Å². The summed E-state index contributed by atoms with van der Waals surface area (Å²) in [7, 11) is 3.15. The van der Waals surface area contributed by atoms with Crippen molar-refractivity contribution in [3.63, 3.8) is 0 Å². The van der Waals surface area contributed by atoms with Crippen molar-refractivity contribution in [2.75, 3.05) is 14.2 Å². The normalized spacial score (nSPS) is 9.55. The predicted molar refractivity (Wildman–Crippen MR) is 43.9 cm³/mol. The highest BCUT2D eigenvalue weighted by molar-refractivity contribution is 5.05. The summed E-state index contributed by atoms with van der Waals surface area (Å²) in [5, 5.41) is 0. The third-order valence-corrected chi connectivity index (χ3v) is 1.18. The molecule has 0 aromatic rings. The van der Waals surface area contributed by atoms with Gasteiger partial charge in [-0.3, -0.25) is 0 Å². The summed E-state index contributed by atoms with van der Waals surface area (Å²) in [6.07, 6.45) is -0.339. The molecule has 3 heteroatoms. The number of ether oxygens (including phenoxy) is 2. The van der Waals surface area contributed by atoms with Crippen molar-refractivity contribution in [3.05, 3.63) is 17.0 Å². The molecule has 0 unspecified atom stereocenters. The maximum atomic E-state index is 5.41. The molecule has 0 aliphatic heterocycles. The lowest BCUT2D eigenvalue weighted by molar-refractivity contribution is -0.0745. The van der Waals surface area contributed by atoms with Crippen molar-refractivity contribution >= 4 is 0 Å². The molecule has 0 amide bonds. The lowest BCUT2D eigenvalue weighted by Crippen LogP contribution is -2.13. The van der Waals surface area contributed by atoms with E-state index in [2.05, 4.69) is 5.73 Å².